The standard InChI is InChI=1S/C17H23N5O2/c1-12-7-16(13-5-4-6-15(8-13)24-3)22(11-12)17(23)18-9-14-10-19-20-21(14)2/h4-6,8,10,12,16H,7,9,11H2,1-3H3,(H,18,23). The summed E-state index contributed by atoms with van der Waals surface area (Å²) in [5.74, 6) is 1.28. The molecule has 0 saturated carbocycles. The number of methoxy groups -OCH3 is 1. The molecule has 3 rings (SSSR count). The molecular formula is C17H23N5O2. The number of nitrogens with zero attached hydrogens (tertiary/aromatic N) is 4. The third kappa shape index (κ3) is 3.34. The van der Waals surface area contributed by atoms with Crippen molar-refractivity contribution < 1.29 is 9.53 Å². The van der Waals surface area contributed by atoms with Crippen LogP contribution in [-0.2, 0) is 13.6 Å². The first kappa shape index (κ1) is 16.3. The van der Waals surface area contributed by atoms with Crippen LogP contribution in [0.15, 0.2) is 30.5 Å². The van der Waals surface area contributed by atoms with Crippen molar-refractivity contribution in [3.8, 4) is 5.75 Å². The van der Waals surface area contributed by atoms with Crippen molar-refractivity contribution in [2.75, 3.05) is 13.7 Å². The van der Waals surface area contributed by atoms with Gasteiger partial charge in [-0.3, -0.25) is 4.68 Å². The lowest BCUT2D eigenvalue weighted by molar-refractivity contribution is 0.191. The van der Waals surface area contributed by atoms with Gasteiger partial charge in [-0.1, -0.05) is 24.3 Å². The number of aryl methyl sites for hydroxylation is 1. The predicted molar refractivity (Wildman–Crippen MR) is 89.5 cm³/mol. The van der Waals surface area contributed by atoms with Crippen LogP contribution >= 0.6 is 0 Å². The molecule has 1 aliphatic heterocycles. The summed E-state index contributed by atoms with van der Waals surface area (Å²) in [6, 6.07) is 7.95. The predicted octanol–water partition coefficient (Wildman–Crippen LogP) is 2.12. The Kier molecular flexibility index (Phi) is 4.69. The zero-order chi connectivity index (χ0) is 17.1. The fourth-order valence-corrected chi connectivity index (χ4v) is 3.17. The molecule has 2 atom stereocenters. The highest BCUT2D eigenvalue weighted by Crippen LogP contribution is 2.36. The molecular weight excluding hydrogens is 306 g/mol. The minimum Gasteiger partial charge on any atom is -0.497 e. The molecule has 1 saturated heterocycles. The fraction of sp³-hybridized carbons (Fsp3) is 0.471. The molecule has 2 heterocycles. The molecule has 1 N–H and O–H groups in total. The maximum Gasteiger partial charge on any atom is 0.318 e. The highest BCUT2D eigenvalue weighted by atomic mass is 16.5. The fourth-order valence-electron chi connectivity index (χ4n) is 3.17. The Bertz CT molecular complexity index is 715. The number of carbonyl (C=O) groups excluding carboxylic acids is 1. The SMILES string of the molecule is COc1cccc(C2CC(C)CN2C(=O)NCc2cnnn2C)c1. The number of nitrogens with one attached hydrogen (secondary N) is 1. The second-order valence-corrected chi connectivity index (χ2v) is 6.29. The largest absolute Gasteiger partial charge is 0.497 e. The average Bonchev–Trinajstić information content (AvgIpc) is 3.18. The molecule has 1 fully saturated rings. The summed E-state index contributed by atoms with van der Waals surface area (Å²) >= 11 is 0. The minimum absolute atomic E-state index is 0.0617. The zero-order valence-corrected chi connectivity index (χ0v) is 14.3. The number of amides is 2. The van der Waals surface area contributed by atoms with Crippen LogP contribution in [0.2, 0.25) is 0 Å². The van der Waals surface area contributed by atoms with Gasteiger partial charge in [-0.15, -0.1) is 5.10 Å². The number of hydrogen-bond acceptors (Lipinski definition) is 4. The normalized spacial score (nSPS) is 20.2. The number of rotatable bonds is 4. The summed E-state index contributed by atoms with van der Waals surface area (Å²) in [5.41, 5.74) is 1.98. The van der Waals surface area contributed by atoms with E-state index in [-0.39, 0.29) is 12.1 Å². The number of aromatic nitrogens is 3. The molecule has 2 amide bonds. The van der Waals surface area contributed by atoms with Crippen molar-refractivity contribution >= 4 is 6.03 Å². The Labute approximate surface area is 141 Å². The Balaban J connectivity index is 1.72. The van der Waals surface area contributed by atoms with E-state index in [2.05, 4.69) is 28.6 Å². The summed E-state index contributed by atoms with van der Waals surface area (Å²) in [7, 11) is 3.47. The molecule has 7 heteroatoms. The first-order valence-corrected chi connectivity index (χ1v) is 8.10. The van der Waals surface area contributed by atoms with Crippen LogP contribution in [0.3, 0.4) is 0 Å². The minimum atomic E-state index is -0.0617. The molecule has 24 heavy (non-hydrogen) atoms. The third-order valence-corrected chi connectivity index (χ3v) is 4.48. The smallest absolute Gasteiger partial charge is 0.318 e. The highest BCUT2D eigenvalue weighted by molar-refractivity contribution is 5.75. The number of urea groups is 1. The Hall–Kier alpha value is -2.57. The molecule has 0 radical (unpaired) electrons. The second-order valence-electron chi connectivity index (χ2n) is 6.29. The third-order valence-electron chi connectivity index (χ3n) is 4.48. The zero-order valence-electron chi connectivity index (χ0n) is 14.3. The van der Waals surface area contributed by atoms with Gasteiger partial charge >= 0.3 is 6.03 Å². The molecule has 0 bridgehead atoms. The van der Waals surface area contributed by atoms with Crippen molar-refractivity contribution in [3.05, 3.63) is 41.7 Å². The van der Waals surface area contributed by atoms with E-state index in [4.69, 9.17) is 4.74 Å². The van der Waals surface area contributed by atoms with Gasteiger partial charge in [-0.05, 0) is 30.0 Å². The van der Waals surface area contributed by atoms with Gasteiger partial charge in [-0.2, -0.15) is 0 Å². The van der Waals surface area contributed by atoms with E-state index in [9.17, 15) is 4.79 Å². The first-order chi connectivity index (χ1) is 11.6. The number of hydrogen-bond donors (Lipinski definition) is 1. The molecule has 0 aliphatic carbocycles. The molecule has 1 aromatic heterocycles. The van der Waals surface area contributed by atoms with E-state index in [0.717, 1.165) is 30.0 Å². The summed E-state index contributed by atoms with van der Waals surface area (Å²) in [4.78, 5) is 14.6. The Morgan fingerprint density at radius 2 is 2.29 bits per heavy atom. The van der Waals surface area contributed by atoms with Gasteiger partial charge in [0.25, 0.3) is 0 Å². The quantitative estimate of drug-likeness (QED) is 0.932. The molecule has 7 nitrogen and oxygen atoms in total. The molecule has 1 aromatic carbocycles. The van der Waals surface area contributed by atoms with Gasteiger partial charge in [0.05, 0.1) is 31.6 Å². The molecule has 1 aliphatic rings. The number of ether oxygens (including phenoxy) is 1. The molecule has 2 unspecified atom stereocenters. The Morgan fingerprint density at radius 3 is 3.00 bits per heavy atom. The monoisotopic (exact) mass is 329 g/mol. The molecule has 2 aromatic rings. The van der Waals surface area contributed by atoms with Crippen molar-refractivity contribution in [2.45, 2.75) is 25.9 Å². The van der Waals surface area contributed by atoms with E-state index >= 15 is 0 Å². The van der Waals surface area contributed by atoms with Crippen LogP contribution in [0.1, 0.15) is 30.6 Å². The van der Waals surface area contributed by atoms with Gasteiger partial charge in [0, 0.05) is 13.6 Å². The summed E-state index contributed by atoms with van der Waals surface area (Å²) in [6.07, 6.45) is 2.61. The number of carbonyl (C=O) groups is 1. The summed E-state index contributed by atoms with van der Waals surface area (Å²) in [5, 5.41) is 10.7. The lowest BCUT2D eigenvalue weighted by Crippen LogP contribution is -2.39. The van der Waals surface area contributed by atoms with E-state index in [1.165, 1.54) is 0 Å². The van der Waals surface area contributed by atoms with Gasteiger partial charge in [0.1, 0.15) is 5.75 Å². The topological polar surface area (TPSA) is 72.3 Å². The van der Waals surface area contributed by atoms with Gasteiger partial charge in [0.2, 0.25) is 0 Å². The summed E-state index contributed by atoms with van der Waals surface area (Å²) < 4.78 is 6.97. The Morgan fingerprint density at radius 1 is 1.46 bits per heavy atom. The number of benzene rings is 1. The van der Waals surface area contributed by atoms with Gasteiger partial charge in [0.15, 0.2) is 0 Å². The van der Waals surface area contributed by atoms with E-state index in [1.54, 1.807) is 18.0 Å². The van der Waals surface area contributed by atoms with E-state index < -0.39 is 0 Å². The maximum absolute atomic E-state index is 12.7. The van der Waals surface area contributed by atoms with Crippen LogP contribution in [0.4, 0.5) is 4.79 Å². The first-order valence-electron chi connectivity index (χ1n) is 8.10. The van der Waals surface area contributed by atoms with Crippen LogP contribution in [0.5, 0.6) is 5.75 Å². The highest BCUT2D eigenvalue weighted by Gasteiger charge is 2.34. The number of likely N-dealkylation sites (tertiary alicyclic amines) is 1. The van der Waals surface area contributed by atoms with E-state index in [0.29, 0.717) is 12.5 Å². The van der Waals surface area contributed by atoms with Crippen LogP contribution < -0.4 is 10.1 Å². The van der Waals surface area contributed by atoms with Crippen molar-refractivity contribution in [1.29, 1.82) is 0 Å². The lowest BCUT2D eigenvalue weighted by atomic mass is 10.0. The van der Waals surface area contributed by atoms with Crippen LogP contribution in [0.25, 0.3) is 0 Å². The second kappa shape index (κ2) is 6.90. The van der Waals surface area contributed by atoms with Crippen LogP contribution in [-0.4, -0.2) is 39.6 Å². The molecule has 128 valence electrons. The van der Waals surface area contributed by atoms with Crippen LogP contribution in [0, 0.1) is 5.92 Å². The van der Waals surface area contributed by atoms with Crippen molar-refractivity contribution in [2.24, 2.45) is 13.0 Å². The van der Waals surface area contributed by atoms with E-state index in [1.807, 2.05) is 30.1 Å². The van der Waals surface area contributed by atoms with Crippen molar-refractivity contribution in [1.82, 2.24) is 25.2 Å². The average molecular weight is 329 g/mol. The van der Waals surface area contributed by atoms with Gasteiger partial charge < -0.3 is 15.0 Å². The summed E-state index contributed by atoms with van der Waals surface area (Å²) in [6.45, 7) is 3.33. The lowest BCUT2D eigenvalue weighted by Gasteiger charge is -2.25. The van der Waals surface area contributed by atoms with Crippen molar-refractivity contribution in [3.63, 3.8) is 0 Å². The van der Waals surface area contributed by atoms with Gasteiger partial charge in [-0.25, -0.2) is 4.79 Å². The molecule has 0 spiro atoms. The maximum atomic E-state index is 12.7.